The molecule has 0 radical (unpaired) electrons. The molecule has 6 heteroatoms. The SMILES string of the molecule is Cc1cc2c(C)cc1CN[C@@H]1CCCC[C@H]1NCc1cc(C)c(cc1C)CN[C@@H]1CCCC[C@H]1NCc1cc(C)c(cc1C)CN[C@@H]1CCCC[C@H]1NC2. The van der Waals surface area contributed by atoms with Gasteiger partial charge in [-0.05, 0) is 147 Å². The Labute approximate surface area is 328 Å². The van der Waals surface area contributed by atoms with Crippen LogP contribution in [0.1, 0.15) is 144 Å². The standard InChI is InChI=1S/C48H72N6/c1-31-19-38-26-50-45-15-9-10-16-46(45)52-28-40-23-36(6)42(24-35(40)5)30-54-48-18-12-11-17-47(48)53-29-41-22-33(3)39(21-34(41)4)27-51-44-14-8-7-13-43(44)49-25-37(31)20-32(38)2/h19-24,43-54H,7-18,25-30H2,1-6H3/t43-,44-,45-,46-,47-,48-/m1/s1. The van der Waals surface area contributed by atoms with E-state index in [2.05, 4.69) is 110 Å². The predicted octanol–water partition coefficient (Wildman–Crippen LogP) is 8.42. The van der Waals surface area contributed by atoms with Gasteiger partial charge < -0.3 is 31.9 Å². The Bertz CT molecular complexity index is 1390. The third kappa shape index (κ3) is 9.86. The topological polar surface area (TPSA) is 72.2 Å². The molecular weight excluding hydrogens is 661 g/mol. The highest BCUT2D eigenvalue weighted by Crippen LogP contribution is 2.26. The number of hydrogen-bond donors (Lipinski definition) is 6. The van der Waals surface area contributed by atoms with Crippen molar-refractivity contribution in [3.05, 3.63) is 103 Å². The van der Waals surface area contributed by atoms with Gasteiger partial charge in [0.1, 0.15) is 0 Å². The molecule has 0 spiro atoms. The Morgan fingerprint density at radius 3 is 0.574 bits per heavy atom. The van der Waals surface area contributed by atoms with Crippen molar-refractivity contribution in [2.45, 2.75) is 194 Å². The van der Waals surface area contributed by atoms with Crippen molar-refractivity contribution in [2.75, 3.05) is 0 Å². The Hall–Kier alpha value is -2.58. The van der Waals surface area contributed by atoms with E-state index in [9.17, 15) is 0 Å². The van der Waals surface area contributed by atoms with Gasteiger partial charge in [0.15, 0.2) is 0 Å². The van der Waals surface area contributed by atoms with Crippen molar-refractivity contribution in [3.8, 4) is 0 Å². The van der Waals surface area contributed by atoms with Crippen LogP contribution in [0.25, 0.3) is 0 Å². The fourth-order valence-corrected chi connectivity index (χ4v) is 10.3. The summed E-state index contributed by atoms with van der Waals surface area (Å²) >= 11 is 0. The van der Waals surface area contributed by atoms with Gasteiger partial charge in [0.25, 0.3) is 0 Å². The Morgan fingerprint density at radius 1 is 0.278 bits per heavy atom. The second-order valence-electron chi connectivity index (χ2n) is 17.9. The Balaban J connectivity index is 1.11. The lowest BCUT2D eigenvalue weighted by molar-refractivity contribution is 0.280. The van der Waals surface area contributed by atoms with E-state index in [1.807, 2.05) is 0 Å². The zero-order chi connectivity index (χ0) is 37.6. The maximum absolute atomic E-state index is 4.03. The monoisotopic (exact) mass is 733 g/mol. The van der Waals surface area contributed by atoms with Gasteiger partial charge in [-0.2, -0.15) is 0 Å². The maximum Gasteiger partial charge on any atom is 0.0224 e. The minimum atomic E-state index is 0.503. The summed E-state index contributed by atoms with van der Waals surface area (Å²) in [4.78, 5) is 0. The van der Waals surface area contributed by atoms with E-state index in [0.717, 1.165) is 39.3 Å². The fourth-order valence-electron chi connectivity index (χ4n) is 10.3. The molecule has 6 heterocycles. The fraction of sp³-hybridized carbons (Fsp3) is 0.625. The lowest BCUT2D eigenvalue weighted by atomic mass is 9.88. The van der Waals surface area contributed by atoms with Gasteiger partial charge in [0.2, 0.25) is 0 Å². The predicted molar refractivity (Wildman–Crippen MR) is 227 cm³/mol. The van der Waals surface area contributed by atoms with Crippen LogP contribution in [0.5, 0.6) is 0 Å². The number of nitrogens with one attached hydrogen (secondary N) is 6. The quantitative estimate of drug-likeness (QED) is 0.140. The van der Waals surface area contributed by atoms with Gasteiger partial charge in [0, 0.05) is 75.5 Å². The molecule has 0 amide bonds. The van der Waals surface area contributed by atoms with Gasteiger partial charge in [-0.15, -0.1) is 0 Å². The molecule has 6 N–H and O–H groups in total. The van der Waals surface area contributed by atoms with E-state index in [4.69, 9.17) is 0 Å². The van der Waals surface area contributed by atoms with Crippen molar-refractivity contribution >= 4 is 0 Å². The minimum Gasteiger partial charge on any atom is -0.308 e. The summed E-state index contributed by atoms with van der Waals surface area (Å²) in [5.41, 5.74) is 17.1. The molecule has 0 unspecified atom stereocenters. The molecule has 6 nitrogen and oxygen atoms in total. The first kappa shape index (κ1) is 39.6. The Morgan fingerprint density at radius 2 is 0.426 bits per heavy atom. The number of rotatable bonds is 0. The van der Waals surface area contributed by atoms with Crippen LogP contribution in [0, 0.1) is 41.5 Å². The van der Waals surface area contributed by atoms with Gasteiger partial charge >= 0.3 is 0 Å². The largest absolute Gasteiger partial charge is 0.308 e. The lowest BCUT2D eigenvalue weighted by Gasteiger charge is -2.34. The number of aryl methyl sites for hydroxylation is 6. The molecule has 3 saturated carbocycles. The average molecular weight is 733 g/mol. The van der Waals surface area contributed by atoms with Crippen molar-refractivity contribution in [1.29, 1.82) is 0 Å². The summed E-state index contributed by atoms with van der Waals surface area (Å²) in [6.07, 6.45) is 15.4. The average Bonchev–Trinajstić information content (AvgIpc) is 3.17. The van der Waals surface area contributed by atoms with Crippen LogP contribution in [0.15, 0.2) is 36.4 Å². The molecule has 9 aliphatic rings. The van der Waals surface area contributed by atoms with Gasteiger partial charge in [-0.25, -0.2) is 0 Å². The van der Waals surface area contributed by atoms with Crippen molar-refractivity contribution < 1.29 is 0 Å². The first-order valence-electron chi connectivity index (χ1n) is 21.9. The molecule has 6 atom stereocenters. The molecule has 12 rings (SSSR count). The Kier molecular flexibility index (Phi) is 13.6. The maximum atomic E-state index is 4.03. The molecule has 54 heavy (non-hydrogen) atoms. The third-order valence-electron chi connectivity index (χ3n) is 14.0. The van der Waals surface area contributed by atoms with Crippen LogP contribution in [0.4, 0.5) is 0 Å². The zero-order valence-corrected chi connectivity index (χ0v) is 34.7. The van der Waals surface area contributed by atoms with Crippen molar-refractivity contribution in [1.82, 2.24) is 31.9 Å². The molecule has 0 saturated heterocycles. The summed E-state index contributed by atoms with van der Waals surface area (Å²) in [6.45, 7) is 19.5. The molecule has 3 aliphatic carbocycles. The van der Waals surface area contributed by atoms with E-state index < -0.39 is 0 Å². The smallest absolute Gasteiger partial charge is 0.0224 e. The van der Waals surface area contributed by atoms with Crippen LogP contribution in [0.3, 0.4) is 0 Å². The number of benzene rings is 3. The van der Waals surface area contributed by atoms with Gasteiger partial charge in [-0.3, -0.25) is 0 Å². The summed E-state index contributed by atoms with van der Waals surface area (Å²) < 4.78 is 0. The van der Waals surface area contributed by atoms with E-state index >= 15 is 0 Å². The highest BCUT2D eigenvalue weighted by atomic mass is 15.0. The molecule has 3 aromatic rings. The third-order valence-corrected chi connectivity index (χ3v) is 14.0. The normalized spacial score (nSPS) is 27.9. The van der Waals surface area contributed by atoms with Crippen molar-refractivity contribution in [3.63, 3.8) is 0 Å². The summed E-state index contributed by atoms with van der Waals surface area (Å²) in [7, 11) is 0. The minimum absolute atomic E-state index is 0.503. The van der Waals surface area contributed by atoms with Gasteiger partial charge in [-0.1, -0.05) is 74.9 Å². The molecule has 294 valence electrons. The molecule has 0 aromatic heterocycles. The molecular formula is C48H72N6. The van der Waals surface area contributed by atoms with Gasteiger partial charge in [0.05, 0.1) is 0 Å². The van der Waals surface area contributed by atoms with Crippen LogP contribution >= 0.6 is 0 Å². The van der Waals surface area contributed by atoms with Crippen LogP contribution in [-0.2, 0) is 39.3 Å². The molecule has 6 bridgehead atoms. The second-order valence-corrected chi connectivity index (χ2v) is 17.9. The first-order chi connectivity index (χ1) is 26.2. The number of hydrogen-bond acceptors (Lipinski definition) is 6. The summed E-state index contributed by atoms with van der Waals surface area (Å²) in [5.74, 6) is 0. The zero-order valence-electron chi connectivity index (χ0n) is 34.7. The molecule has 6 aliphatic heterocycles. The van der Waals surface area contributed by atoms with E-state index in [1.165, 1.54) is 144 Å². The van der Waals surface area contributed by atoms with Crippen LogP contribution in [-0.4, -0.2) is 36.3 Å². The van der Waals surface area contributed by atoms with Crippen molar-refractivity contribution in [2.24, 2.45) is 0 Å². The van der Waals surface area contributed by atoms with E-state index in [-0.39, 0.29) is 0 Å². The van der Waals surface area contributed by atoms with E-state index in [0.29, 0.717) is 36.3 Å². The summed E-state index contributed by atoms with van der Waals surface area (Å²) in [6, 6.07) is 17.8. The highest BCUT2D eigenvalue weighted by molar-refractivity contribution is 5.39. The first-order valence-corrected chi connectivity index (χ1v) is 21.9. The summed E-state index contributed by atoms with van der Waals surface area (Å²) in [5, 5.41) is 24.2. The van der Waals surface area contributed by atoms with E-state index in [1.54, 1.807) is 0 Å². The second kappa shape index (κ2) is 18.6. The van der Waals surface area contributed by atoms with Crippen LogP contribution in [0.2, 0.25) is 0 Å². The molecule has 3 aromatic carbocycles. The van der Waals surface area contributed by atoms with Crippen LogP contribution < -0.4 is 31.9 Å². The highest BCUT2D eigenvalue weighted by Gasteiger charge is 2.28. The molecule has 3 fully saturated rings. The lowest BCUT2D eigenvalue weighted by Crippen LogP contribution is -2.49.